The highest BCUT2D eigenvalue weighted by molar-refractivity contribution is 7.85. The highest BCUT2D eigenvalue weighted by Crippen LogP contribution is 2.47. The van der Waals surface area contributed by atoms with E-state index in [0.29, 0.717) is 49.9 Å². The van der Waals surface area contributed by atoms with Crippen LogP contribution >= 0.6 is 7.14 Å². The van der Waals surface area contributed by atoms with Gasteiger partial charge in [0.05, 0.1) is 33.2 Å². The van der Waals surface area contributed by atoms with E-state index in [4.69, 9.17) is 9.47 Å². The number of anilines is 1. The van der Waals surface area contributed by atoms with Crippen LogP contribution in [0.1, 0.15) is 47.0 Å². The van der Waals surface area contributed by atoms with E-state index in [0.717, 1.165) is 15.4 Å². The van der Waals surface area contributed by atoms with Gasteiger partial charge in [0.1, 0.15) is 23.0 Å². The topological polar surface area (TPSA) is 110 Å². The molecule has 7 aromatic carbocycles. The summed E-state index contributed by atoms with van der Waals surface area (Å²) < 4.78 is 28.5. The van der Waals surface area contributed by atoms with Crippen LogP contribution in [0.25, 0.3) is 11.1 Å². The summed E-state index contributed by atoms with van der Waals surface area (Å²) in [6.45, 7) is 1.97. The molecule has 4 amide bonds. The van der Waals surface area contributed by atoms with Crippen LogP contribution in [0.5, 0.6) is 23.0 Å². The molecular weight excluding hydrogens is 748 g/mol. The molecule has 0 radical (unpaired) electrons. The first-order valence-corrected chi connectivity index (χ1v) is 20.2. The van der Waals surface area contributed by atoms with Crippen molar-refractivity contribution in [2.24, 2.45) is 0 Å². The quantitative estimate of drug-likeness (QED) is 0.106. The van der Waals surface area contributed by atoms with Crippen molar-refractivity contribution in [2.45, 2.75) is 6.92 Å². The Labute approximate surface area is 334 Å². The molecule has 0 spiro atoms. The van der Waals surface area contributed by atoms with Crippen molar-refractivity contribution >= 4 is 52.4 Å². The average Bonchev–Trinajstić information content (AvgIpc) is 3.63. The molecule has 282 valence electrons. The van der Waals surface area contributed by atoms with Gasteiger partial charge in [-0.05, 0) is 84.3 Å². The van der Waals surface area contributed by atoms with Crippen LogP contribution in [0.4, 0.5) is 5.69 Å². The molecule has 58 heavy (non-hydrogen) atoms. The zero-order valence-corrected chi connectivity index (χ0v) is 32.2. The summed E-state index contributed by atoms with van der Waals surface area (Å²) in [5.41, 5.74) is 3.56. The molecule has 0 atom stereocenters. The molecule has 2 aliphatic rings. The van der Waals surface area contributed by atoms with Gasteiger partial charge in [-0.25, -0.2) is 4.90 Å². The SMILES string of the molecule is Cc1cccc(Oc2ccc(P(=O)(c3ccccc3)c3ccccc3)c(Oc3cccc(N4C(=O)c5ccc(-c6ccc7c(c6)C(=O)N(C)C7=O)cc5C4=O)c3)c2)c1. The maximum atomic E-state index is 15.6. The molecule has 0 aliphatic carbocycles. The smallest absolute Gasteiger partial charge is 0.266 e. The summed E-state index contributed by atoms with van der Waals surface area (Å²) in [4.78, 5) is 55.2. The molecule has 0 unspecified atom stereocenters. The van der Waals surface area contributed by atoms with E-state index in [1.54, 1.807) is 78.9 Å². The van der Waals surface area contributed by atoms with Crippen molar-refractivity contribution in [2.75, 3.05) is 11.9 Å². The molecule has 10 heteroatoms. The number of ether oxygens (including phenoxy) is 2. The zero-order chi connectivity index (χ0) is 40.1. The lowest BCUT2D eigenvalue weighted by Gasteiger charge is -2.23. The predicted octanol–water partition coefficient (Wildman–Crippen LogP) is 8.91. The fourth-order valence-electron chi connectivity index (χ4n) is 7.43. The van der Waals surface area contributed by atoms with Crippen molar-refractivity contribution in [3.05, 3.63) is 192 Å². The second-order valence-electron chi connectivity index (χ2n) is 14.1. The van der Waals surface area contributed by atoms with Gasteiger partial charge in [0.2, 0.25) is 0 Å². The molecular formula is C48H33N2O7P. The second kappa shape index (κ2) is 14.3. The number of hydrogen-bond acceptors (Lipinski definition) is 7. The molecule has 0 aromatic heterocycles. The van der Waals surface area contributed by atoms with Crippen LogP contribution in [-0.2, 0) is 4.57 Å². The standard InChI is InChI=1S/C48H33N2O7P/c1-30-11-9-13-34(25-30)56-36-21-24-44(58(55,37-15-5-3-6-16-37)38-17-7-4-8-18-38)43(29-36)57-35-14-10-12-33(28-35)50-47(53)40-23-20-32(27-42(40)48(50)54)31-19-22-39-41(26-31)46(52)49(2)45(39)51/h3-29H,1-2H3. The molecule has 0 fully saturated rings. The van der Waals surface area contributed by atoms with Crippen molar-refractivity contribution in [1.29, 1.82) is 0 Å². The fraction of sp³-hybridized carbons (Fsp3) is 0.0417. The number of rotatable bonds is 9. The zero-order valence-electron chi connectivity index (χ0n) is 31.3. The lowest BCUT2D eigenvalue weighted by Crippen LogP contribution is -2.29. The predicted molar refractivity (Wildman–Crippen MR) is 223 cm³/mol. The fourth-order valence-corrected chi connectivity index (χ4v) is 10.2. The Balaban J connectivity index is 1.08. The van der Waals surface area contributed by atoms with Gasteiger partial charge in [0.25, 0.3) is 23.6 Å². The van der Waals surface area contributed by atoms with Crippen molar-refractivity contribution < 1.29 is 33.2 Å². The molecule has 9 nitrogen and oxygen atoms in total. The molecule has 0 N–H and O–H groups in total. The molecule has 0 bridgehead atoms. The summed E-state index contributed by atoms with van der Waals surface area (Å²) in [6, 6.07) is 47.9. The Bertz CT molecular complexity index is 2850. The molecule has 7 aromatic rings. The molecule has 0 saturated carbocycles. The van der Waals surface area contributed by atoms with Crippen LogP contribution < -0.4 is 30.3 Å². The van der Waals surface area contributed by atoms with E-state index >= 15 is 4.57 Å². The van der Waals surface area contributed by atoms with Gasteiger partial charge in [0, 0.05) is 29.8 Å². The number of benzene rings is 7. The Morgan fingerprint density at radius 1 is 0.466 bits per heavy atom. The number of fused-ring (bicyclic) bond motifs is 2. The number of carbonyl (C=O) groups is 4. The van der Waals surface area contributed by atoms with Gasteiger partial charge in [-0.15, -0.1) is 0 Å². The lowest BCUT2D eigenvalue weighted by molar-refractivity contribution is 0.0692. The number of nitrogens with zero attached hydrogens (tertiary/aromatic N) is 2. The van der Waals surface area contributed by atoms with E-state index in [-0.39, 0.29) is 34.0 Å². The van der Waals surface area contributed by atoms with E-state index in [1.165, 1.54) is 7.05 Å². The summed E-state index contributed by atoms with van der Waals surface area (Å²) in [5.74, 6) is -0.172. The maximum absolute atomic E-state index is 15.6. The summed E-state index contributed by atoms with van der Waals surface area (Å²) in [7, 11) is -2.10. The first-order valence-electron chi connectivity index (χ1n) is 18.5. The second-order valence-corrected chi connectivity index (χ2v) is 16.8. The highest BCUT2D eigenvalue weighted by Gasteiger charge is 2.38. The minimum absolute atomic E-state index is 0.198. The van der Waals surface area contributed by atoms with E-state index < -0.39 is 24.9 Å². The van der Waals surface area contributed by atoms with Crippen LogP contribution in [0.15, 0.2) is 164 Å². The van der Waals surface area contributed by atoms with Crippen molar-refractivity contribution in [3.63, 3.8) is 0 Å². The van der Waals surface area contributed by atoms with Gasteiger partial charge in [-0.2, -0.15) is 0 Å². The van der Waals surface area contributed by atoms with Crippen molar-refractivity contribution in [3.8, 4) is 34.1 Å². The van der Waals surface area contributed by atoms with Crippen LogP contribution in [0, 0.1) is 6.92 Å². The third kappa shape index (κ3) is 6.18. The number of hydrogen-bond donors (Lipinski definition) is 0. The summed E-state index contributed by atoms with van der Waals surface area (Å²) in [5, 5.41) is 1.67. The van der Waals surface area contributed by atoms with E-state index in [2.05, 4.69) is 0 Å². The molecule has 0 saturated heterocycles. The van der Waals surface area contributed by atoms with Crippen molar-refractivity contribution in [1.82, 2.24) is 4.90 Å². The van der Waals surface area contributed by atoms with Gasteiger partial charge < -0.3 is 14.0 Å². The Morgan fingerprint density at radius 2 is 1.00 bits per heavy atom. The van der Waals surface area contributed by atoms with Crippen LogP contribution in [0.2, 0.25) is 0 Å². The van der Waals surface area contributed by atoms with E-state index in [9.17, 15) is 19.2 Å². The van der Waals surface area contributed by atoms with E-state index in [1.807, 2.05) is 91.9 Å². The average molecular weight is 781 g/mol. The van der Waals surface area contributed by atoms with Gasteiger partial charge in [-0.3, -0.25) is 24.1 Å². The number of carbonyl (C=O) groups excluding carboxylic acids is 4. The van der Waals surface area contributed by atoms with Gasteiger partial charge >= 0.3 is 0 Å². The number of aryl methyl sites for hydroxylation is 1. The molecule has 2 aliphatic heterocycles. The minimum Gasteiger partial charge on any atom is -0.457 e. The first kappa shape index (κ1) is 36.3. The maximum Gasteiger partial charge on any atom is 0.266 e. The third-order valence-corrected chi connectivity index (χ3v) is 13.4. The molecule has 2 heterocycles. The Hall–Kier alpha value is -7.35. The third-order valence-electron chi connectivity index (χ3n) is 10.3. The summed E-state index contributed by atoms with van der Waals surface area (Å²) in [6.07, 6.45) is 0. The van der Waals surface area contributed by atoms with Crippen LogP contribution in [0.3, 0.4) is 0 Å². The monoisotopic (exact) mass is 780 g/mol. The largest absolute Gasteiger partial charge is 0.457 e. The summed E-state index contributed by atoms with van der Waals surface area (Å²) >= 11 is 0. The normalized spacial score (nSPS) is 13.5. The number of imide groups is 2. The minimum atomic E-state index is -3.53. The highest BCUT2D eigenvalue weighted by atomic mass is 31.2. The lowest BCUT2D eigenvalue weighted by atomic mass is 9.97. The van der Waals surface area contributed by atoms with Gasteiger partial charge in [0.15, 0.2) is 7.14 Å². The number of amides is 4. The van der Waals surface area contributed by atoms with Gasteiger partial charge in [-0.1, -0.05) is 91.0 Å². The van der Waals surface area contributed by atoms with Crippen LogP contribution in [-0.4, -0.2) is 35.6 Å². The first-order chi connectivity index (χ1) is 28.1. The Morgan fingerprint density at radius 3 is 1.64 bits per heavy atom. The molecule has 9 rings (SSSR count). The Kier molecular flexibility index (Phi) is 8.95.